The maximum absolute atomic E-state index is 12.4. The van der Waals surface area contributed by atoms with E-state index in [4.69, 9.17) is 0 Å². The first-order valence-electron chi connectivity index (χ1n) is 6.96. The van der Waals surface area contributed by atoms with Crippen molar-refractivity contribution in [2.45, 2.75) is 32.6 Å². The molecule has 21 heavy (non-hydrogen) atoms. The summed E-state index contributed by atoms with van der Waals surface area (Å²) < 4.78 is 1.62. The van der Waals surface area contributed by atoms with Gasteiger partial charge in [0, 0.05) is 18.1 Å². The molecule has 0 unspecified atom stereocenters. The van der Waals surface area contributed by atoms with E-state index in [-0.39, 0.29) is 5.91 Å². The second kappa shape index (κ2) is 5.34. The molecule has 1 amide bonds. The third kappa shape index (κ3) is 2.45. The number of thiophene rings is 1. The van der Waals surface area contributed by atoms with Crippen LogP contribution in [-0.4, -0.2) is 15.7 Å². The Kier molecular flexibility index (Phi) is 3.52. The highest BCUT2D eigenvalue weighted by atomic mass is 32.1. The first kappa shape index (κ1) is 13.8. The van der Waals surface area contributed by atoms with Crippen LogP contribution in [0.4, 0.5) is 5.00 Å². The monoisotopic (exact) mass is 300 g/mol. The third-order valence-electron chi connectivity index (χ3n) is 3.77. The molecular formula is C15H16N4OS. The fourth-order valence-corrected chi connectivity index (χ4v) is 4.00. The van der Waals surface area contributed by atoms with Gasteiger partial charge in [0.05, 0.1) is 16.8 Å². The molecule has 2 heterocycles. The molecule has 108 valence electrons. The average Bonchev–Trinajstić information content (AvgIpc) is 2.97. The van der Waals surface area contributed by atoms with Gasteiger partial charge in [0.25, 0.3) is 5.91 Å². The third-order valence-corrected chi connectivity index (χ3v) is 4.98. The summed E-state index contributed by atoms with van der Waals surface area (Å²) in [7, 11) is 1.79. The van der Waals surface area contributed by atoms with E-state index in [1.54, 1.807) is 36.2 Å². The number of aromatic nitrogens is 2. The molecule has 0 bridgehead atoms. The average molecular weight is 300 g/mol. The Morgan fingerprint density at radius 2 is 2.24 bits per heavy atom. The van der Waals surface area contributed by atoms with Crippen LogP contribution in [0.5, 0.6) is 0 Å². The van der Waals surface area contributed by atoms with E-state index >= 15 is 0 Å². The number of anilines is 1. The molecule has 0 saturated carbocycles. The number of carbonyl (C=O) groups is 1. The van der Waals surface area contributed by atoms with Gasteiger partial charge in [-0.1, -0.05) is 0 Å². The van der Waals surface area contributed by atoms with Gasteiger partial charge in [0.2, 0.25) is 0 Å². The lowest BCUT2D eigenvalue weighted by Gasteiger charge is -2.09. The smallest absolute Gasteiger partial charge is 0.259 e. The number of hydrogen-bond donors (Lipinski definition) is 1. The highest BCUT2D eigenvalue weighted by Crippen LogP contribution is 2.37. The van der Waals surface area contributed by atoms with Gasteiger partial charge in [-0.3, -0.25) is 9.48 Å². The zero-order valence-corrected chi connectivity index (χ0v) is 12.9. The first-order chi connectivity index (χ1) is 10.1. The highest BCUT2D eigenvalue weighted by molar-refractivity contribution is 7.16. The zero-order chi connectivity index (χ0) is 15.0. The minimum absolute atomic E-state index is 0.198. The molecule has 1 N–H and O–H groups in total. The van der Waals surface area contributed by atoms with Crippen LogP contribution in [-0.2, 0) is 19.9 Å². The molecule has 0 aromatic carbocycles. The summed E-state index contributed by atoms with van der Waals surface area (Å²) in [6.07, 6.45) is 5.93. The second-order valence-electron chi connectivity index (χ2n) is 5.28. The summed E-state index contributed by atoms with van der Waals surface area (Å²) in [6, 6.07) is 2.26. The van der Waals surface area contributed by atoms with Crippen molar-refractivity contribution in [2.24, 2.45) is 7.05 Å². The SMILES string of the molecule is Cc1nn(C)cc1C(=O)Nc1sc2c(c1C#N)CCCC2. The van der Waals surface area contributed by atoms with Crippen LogP contribution >= 0.6 is 11.3 Å². The molecule has 0 fully saturated rings. The molecule has 0 saturated heterocycles. The molecule has 0 radical (unpaired) electrons. The van der Waals surface area contributed by atoms with Gasteiger partial charge in [-0.25, -0.2) is 0 Å². The summed E-state index contributed by atoms with van der Waals surface area (Å²) in [5.74, 6) is -0.198. The van der Waals surface area contributed by atoms with E-state index in [9.17, 15) is 10.1 Å². The van der Waals surface area contributed by atoms with Crippen LogP contribution in [0.3, 0.4) is 0 Å². The maximum atomic E-state index is 12.4. The summed E-state index contributed by atoms with van der Waals surface area (Å²) >= 11 is 1.54. The molecule has 1 aliphatic carbocycles. The van der Waals surface area contributed by atoms with E-state index in [1.165, 1.54) is 4.88 Å². The molecule has 1 aliphatic rings. The Labute approximate surface area is 127 Å². The number of amides is 1. The molecule has 0 aliphatic heterocycles. The Bertz CT molecular complexity index is 751. The van der Waals surface area contributed by atoms with Gasteiger partial charge in [-0.2, -0.15) is 10.4 Å². The van der Waals surface area contributed by atoms with Crippen LogP contribution in [0, 0.1) is 18.3 Å². The molecular weight excluding hydrogens is 284 g/mol. The first-order valence-corrected chi connectivity index (χ1v) is 7.78. The molecule has 5 nitrogen and oxygen atoms in total. The molecule has 2 aromatic rings. The van der Waals surface area contributed by atoms with Crippen molar-refractivity contribution >= 4 is 22.2 Å². The van der Waals surface area contributed by atoms with Gasteiger partial charge in [-0.15, -0.1) is 11.3 Å². The molecule has 0 spiro atoms. The van der Waals surface area contributed by atoms with Crippen molar-refractivity contribution in [1.29, 1.82) is 5.26 Å². The largest absolute Gasteiger partial charge is 0.312 e. The molecule has 0 atom stereocenters. The van der Waals surface area contributed by atoms with Crippen LogP contribution in [0.2, 0.25) is 0 Å². The number of fused-ring (bicyclic) bond motifs is 1. The fourth-order valence-electron chi connectivity index (χ4n) is 2.77. The van der Waals surface area contributed by atoms with Crippen LogP contribution < -0.4 is 5.32 Å². The van der Waals surface area contributed by atoms with E-state index in [1.807, 2.05) is 0 Å². The molecule has 6 heteroatoms. The second-order valence-corrected chi connectivity index (χ2v) is 6.39. The lowest BCUT2D eigenvalue weighted by Crippen LogP contribution is -2.12. The fraction of sp³-hybridized carbons (Fsp3) is 0.400. The van der Waals surface area contributed by atoms with Crippen molar-refractivity contribution in [2.75, 3.05) is 5.32 Å². The number of nitrogens with one attached hydrogen (secondary N) is 1. The summed E-state index contributed by atoms with van der Waals surface area (Å²) in [5.41, 5.74) is 3.01. The minimum Gasteiger partial charge on any atom is -0.312 e. The van der Waals surface area contributed by atoms with E-state index < -0.39 is 0 Å². The lowest BCUT2D eigenvalue weighted by atomic mass is 9.96. The maximum Gasteiger partial charge on any atom is 0.259 e. The topological polar surface area (TPSA) is 70.7 Å². The standard InChI is InChI=1S/C15H16N4OS/c1-9-12(8-19(2)18-9)14(20)17-15-11(7-16)10-5-3-4-6-13(10)21-15/h8H,3-6H2,1-2H3,(H,17,20). The van der Waals surface area contributed by atoms with E-state index in [2.05, 4.69) is 16.5 Å². The van der Waals surface area contributed by atoms with Crippen molar-refractivity contribution in [1.82, 2.24) is 9.78 Å². The highest BCUT2D eigenvalue weighted by Gasteiger charge is 2.23. The predicted octanol–water partition coefficient (Wildman–Crippen LogP) is 2.79. The van der Waals surface area contributed by atoms with Gasteiger partial charge >= 0.3 is 0 Å². The Morgan fingerprint density at radius 3 is 2.90 bits per heavy atom. The quantitative estimate of drug-likeness (QED) is 0.927. The number of nitriles is 1. The van der Waals surface area contributed by atoms with Crippen LogP contribution in [0.15, 0.2) is 6.20 Å². The van der Waals surface area contributed by atoms with Gasteiger partial charge in [0.1, 0.15) is 11.1 Å². The summed E-state index contributed by atoms with van der Waals surface area (Å²) in [4.78, 5) is 13.6. The van der Waals surface area contributed by atoms with Crippen LogP contribution in [0.25, 0.3) is 0 Å². The number of hydrogen-bond acceptors (Lipinski definition) is 4. The Morgan fingerprint density at radius 1 is 1.48 bits per heavy atom. The number of rotatable bonds is 2. The molecule has 3 rings (SSSR count). The number of nitrogens with zero attached hydrogens (tertiary/aromatic N) is 3. The number of aryl methyl sites for hydroxylation is 3. The van der Waals surface area contributed by atoms with Gasteiger partial charge < -0.3 is 5.32 Å². The van der Waals surface area contributed by atoms with Crippen molar-refractivity contribution in [3.8, 4) is 6.07 Å². The van der Waals surface area contributed by atoms with Crippen molar-refractivity contribution in [3.63, 3.8) is 0 Å². The molecule has 2 aromatic heterocycles. The van der Waals surface area contributed by atoms with E-state index in [0.29, 0.717) is 21.8 Å². The van der Waals surface area contributed by atoms with Crippen molar-refractivity contribution in [3.05, 3.63) is 33.5 Å². The zero-order valence-electron chi connectivity index (χ0n) is 12.1. The van der Waals surface area contributed by atoms with Gasteiger partial charge in [-0.05, 0) is 38.2 Å². The normalized spacial score (nSPS) is 13.6. The van der Waals surface area contributed by atoms with E-state index in [0.717, 1.165) is 31.2 Å². The predicted molar refractivity (Wildman–Crippen MR) is 81.6 cm³/mol. The van der Waals surface area contributed by atoms with Crippen molar-refractivity contribution < 1.29 is 4.79 Å². The summed E-state index contributed by atoms with van der Waals surface area (Å²) in [6.45, 7) is 1.81. The Balaban J connectivity index is 1.92. The van der Waals surface area contributed by atoms with Gasteiger partial charge in [0.15, 0.2) is 0 Å². The summed E-state index contributed by atoms with van der Waals surface area (Å²) in [5, 5.41) is 17.1. The lowest BCUT2D eigenvalue weighted by molar-refractivity contribution is 0.102. The van der Waals surface area contributed by atoms with Crippen LogP contribution in [0.1, 0.15) is 44.9 Å². The Hall–Kier alpha value is -2.13. The minimum atomic E-state index is -0.198. The number of carbonyl (C=O) groups excluding carboxylic acids is 1.